The summed E-state index contributed by atoms with van der Waals surface area (Å²) < 4.78 is 4.99. The monoisotopic (exact) mass is 161 g/mol. The molecule has 1 atom stereocenters. The molecule has 0 aliphatic heterocycles. The van der Waals surface area contributed by atoms with Crippen molar-refractivity contribution in [2.75, 3.05) is 13.2 Å². The first-order valence-electron chi connectivity index (χ1n) is 3.74. The van der Waals surface area contributed by atoms with Gasteiger partial charge in [-0.3, -0.25) is 4.79 Å². The quantitative estimate of drug-likeness (QED) is 0.546. The Labute approximate surface area is 66.3 Å². The minimum absolute atomic E-state index is 0.106. The number of carboxylic acids is 1. The maximum atomic E-state index is 10.2. The molecule has 0 aromatic rings. The molecule has 0 saturated heterocycles. The van der Waals surface area contributed by atoms with Crippen molar-refractivity contribution < 1.29 is 14.6 Å². The van der Waals surface area contributed by atoms with Crippen LogP contribution in [0.5, 0.6) is 0 Å². The van der Waals surface area contributed by atoms with Crippen LogP contribution < -0.4 is 5.73 Å². The summed E-state index contributed by atoms with van der Waals surface area (Å²) in [5, 5.41) is 8.33. The van der Waals surface area contributed by atoms with E-state index in [4.69, 9.17) is 15.6 Å². The van der Waals surface area contributed by atoms with Crippen LogP contribution in [-0.2, 0) is 9.53 Å². The first-order chi connectivity index (χ1) is 5.18. The van der Waals surface area contributed by atoms with Crippen molar-refractivity contribution in [2.45, 2.75) is 25.8 Å². The molecule has 0 aliphatic rings. The highest BCUT2D eigenvalue weighted by Crippen LogP contribution is 1.89. The van der Waals surface area contributed by atoms with Crippen LogP contribution in [0.2, 0.25) is 0 Å². The van der Waals surface area contributed by atoms with Crippen LogP contribution in [0, 0.1) is 0 Å². The van der Waals surface area contributed by atoms with Gasteiger partial charge in [0.15, 0.2) is 0 Å². The third kappa shape index (κ3) is 5.82. The SMILES string of the molecule is CCCCOC[C@H](N)C(=O)O. The van der Waals surface area contributed by atoms with Gasteiger partial charge in [0.1, 0.15) is 6.04 Å². The van der Waals surface area contributed by atoms with Crippen LogP contribution in [0.1, 0.15) is 19.8 Å². The predicted molar refractivity (Wildman–Crippen MR) is 41.3 cm³/mol. The minimum atomic E-state index is -1.01. The maximum absolute atomic E-state index is 10.2. The summed E-state index contributed by atoms with van der Waals surface area (Å²) in [7, 11) is 0. The van der Waals surface area contributed by atoms with Crippen molar-refractivity contribution in [3.63, 3.8) is 0 Å². The second kappa shape index (κ2) is 6.12. The van der Waals surface area contributed by atoms with Gasteiger partial charge in [0, 0.05) is 6.61 Å². The highest BCUT2D eigenvalue weighted by molar-refractivity contribution is 5.73. The first kappa shape index (κ1) is 10.4. The number of nitrogens with two attached hydrogens (primary N) is 1. The third-order valence-corrected chi connectivity index (χ3v) is 1.26. The first-order valence-corrected chi connectivity index (χ1v) is 3.74. The molecule has 11 heavy (non-hydrogen) atoms. The van der Waals surface area contributed by atoms with Gasteiger partial charge < -0.3 is 15.6 Å². The lowest BCUT2D eigenvalue weighted by molar-refractivity contribution is -0.140. The van der Waals surface area contributed by atoms with Gasteiger partial charge in [-0.1, -0.05) is 13.3 Å². The molecule has 3 N–H and O–H groups in total. The van der Waals surface area contributed by atoms with Crippen molar-refractivity contribution in [1.82, 2.24) is 0 Å². The van der Waals surface area contributed by atoms with Gasteiger partial charge in [0.05, 0.1) is 6.61 Å². The zero-order valence-electron chi connectivity index (χ0n) is 6.75. The van der Waals surface area contributed by atoms with Gasteiger partial charge in [-0.2, -0.15) is 0 Å². The second-order valence-electron chi connectivity index (χ2n) is 2.37. The van der Waals surface area contributed by atoms with Gasteiger partial charge >= 0.3 is 5.97 Å². The lowest BCUT2D eigenvalue weighted by Gasteiger charge is -2.06. The van der Waals surface area contributed by atoms with E-state index in [1.54, 1.807) is 0 Å². The fourth-order valence-corrected chi connectivity index (χ4v) is 0.528. The molecule has 0 radical (unpaired) electrons. The average molecular weight is 161 g/mol. The van der Waals surface area contributed by atoms with Gasteiger partial charge in [0.2, 0.25) is 0 Å². The molecule has 0 unspecified atom stereocenters. The molecule has 0 rings (SSSR count). The number of ether oxygens (including phenoxy) is 1. The third-order valence-electron chi connectivity index (χ3n) is 1.26. The topological polar surface area (TPSA) is 72.5 Å². The smallest absolute Gasteiger partial charge is 0.322 e. The largest absolute Gasteiger partial charge is 0.480 e. The zero-order chi connectivity index (χ0) is 8.69. The molecule has 0 spiro atoms. The molecule has 4 heteroatoms. The number of carbonyl (C=O) groups is 1. The number of aliphatic carboxylic acids is 1. The minimum Gasteiger partial charge on any atom is -0.480 e. The second-order valence-corrected chi connectivity index (χ2v) is 2.37. The van der Waals surface area contributed by atoms with Crippen molar-refractivity contribution in [2.24, 2.45) is 5.73 Å². The molecule has 0 saturated carbocycles. The Kier molecular flexibility index (Phi) is 5.78. The van der Waals surface area contributed by atoms with E-state index >= 15 is 0 Å². The average Bonchev–Trinajstić information content (AvgIpc) is 1.97. The van der Waals surface area contributed by atoms with E-state index in [0.717, 1.165) is 12.8 Å². The summed E-state index contributed by atoms with van der Waals surface area (Å²) in [5.41, 5.74) is 5.17. The molecule has 0 aromatic heterocycles. The Morgan fingerprint density at radius 3 is 2.82 bits per heavy atom. The molecule has 0 heterocycles. The van der Waals surface area contributed by atoms with E-state index < -0.39 is 12.0 Å². The summed E-state index contributed by atoms with van der Waals surface area (Å²) in [6, 6.07) is -0.883. The molecule has 0 aliphatic carbocycles. The fourth-order valence-electron chi connectivity index (χ4n) is 0.528. The van der Waals surface area contributed by atoms with Crippen molar-refractivity contribution >= 4 is 5.97 Å². The summed E-state index contributed by atoms with van der Waals surface area (Å²) in [6.45, 7) is 2.74. The molecule has 0 amide bonds. The van der Waals surface area contributed by atoms with Gasteiger partial charge in [-0.05, 0) is 6.42 Å². The van der Waals surface area contributed by atoms with E-state index in [1.807, 2.05) is 6.92 Å². The Balaban J connectivity index is 3.17. The molecule has 0 fully saturated rings. The summed E-state index contributed by atoms with van der Waals surface area (Å²) in [6.07, 6.45) is 1.99. The Hall–Kier alpha value is -0.610. The number of hydrogen-bond acceptors (Lipinski definition) is 3. The van der Waals surface area contributed by atoms with Gasteiger partial charge in [-0.15, -0.1) is 0 Å². The van der Waals surface area contributed by atoms with Crippen LogP contribution >= 0.6 is 0 Å². The maximum Gasteiger partial charge on any atom is 0.322 e. The molecule has 0 aromatic carbocycles. The zero-order valence-corrected chi connectivity index (χ0v) is 6.75. The molecular formula is C7H15NO3. The van der Waals surface area contributed by atoms with Crippen LogP contribution in [0.15, 0.2) is 0 Å². The summed E-state index contributed by atoms with van der Waals surface area (Å²) in [4.78, 5) is 10.2. The lowest BCUT2D eigenvalue weighted by Crippen LogP contribution is -2.34. The van der Waals surface area contributed by atoms with Crippen LogP contribution in [-0.4, -0.2) is 30.3 Å². The highest BCUT2D eigenvalue weighted by atomic mass is 16.5. The van der Waals surface area contributed by atoms with E-state index in [9.17, 15) is 4.79 Å². The van der Waals surface area contributed by atoms with Crippen molar-refractivity contribution in [3.8, 4) is 0 Å². The Bertz CT molecular complexity index is 116. The van der Waals surface area contributed by atoms with Gasteiger partial charge in [-0.25, -0.2) is 0 Å². The summed E-state index contributed by atoms with van der Waals surface area (Å²) in [5.74, 6) is -1.01. The predicted octanol–water partition coefficient (Wildman–Crippen LogP) is 0.215. The van der Waals surface area contributed by atoms with E-state index in [2.05, 4.69) is 0 Å². The molecule has 66 valence electrons. The summed E-state index contributed by atoms with van der Waals surface area (Å²) >= 11 is 0. The standard InChI is InChI=1S/C7H15NO3/c1-2-3-4-11-5-6(8)7(9)10/h6H,2-5,8H2,1H3,(H,9,10)/t6-/m0/s1. The fraction of sp³-hybridized carbons (Fsp3) is 0.857. The van der Waals surface area contributed by atoms with Crippen molar-refractivity contribution in [1.29, 1.82) is 0 Å². The van der Waals surface area contributed by atoms with Crippen LogP contribution in [0.3, 0.4) is 0 Å². The lowest BCUT2D eigenvalue weighted by atomic mass is 10.3. The Morgan fingerprint density at radius 1 is 1.73 bits per heavy atom. The van der Waals surface area contributed by atoms with E-state index in [-0.39, 0.29) is 6.61 Å². The van der Waals surface area contributed by atoms with Crippen LogP contribution in [0.4, 0.5) is 0 Å². The van der Waals surface area contributed by atoms with E-state index in [0.29, 0.717) is 6.61 Å². The number of carboxylic acid groups (broad SMARTS) is 1. The normalized spacial score (nSPS) is 12.9. The number of rotatable bonds is 6. The number of unbranched alkanes of at least 4 members (excludes halogenated alkanes) is 1. The molecule has 0 bridgehead atoms. The molecule has 4 nitrogen and oxygen atoms in total. The van der Waals surface area contributed by atoms with Crippen molar-refractivity contribution in [3.05, 3.63) is 0 Å². The Morgan fingerprint density at radius 2 is 2.36 bits per heavy atom. The number of hydrogen-bond donors (Lipinski definition) is 2. The highest BCUT2D eigenvalue weighted by Gasteiger charge is 2.10. The van der Waals surface area contributed by atoms with Gasteiger partial charge in [0.25, 0.3) is 0 Å². The van der Waals surface area contributed by atoms with Crippen LogP contribution in [0.25, 0.3) is 0 Å². The molecular weight excluding hydrogens is 146 g/mol. The van der Waals surface area contributed by atoms with E-state index in [1.165, 1.54) is 0 Å².